The summed E-state index contributed by atoms with van der Waals surface area (Å²) in [6.07, 6.45) is 4.49. The van der Waals surface area contributed by atoms with Crippen LogP contribution in [0.15, 0.2) is 16.6 Å². The number of allylic oxidation sites excluding steroid dienone is 2. The van der Waals surface area contributed by atoms with Gasteiger partial charge in [-0.3, -0.25) is 5.41 Å². The summed E-state index contributed by atoms with van der Waals surface area (Å²) in [6.45, 7) is 3.96. The van der Waals surface area contributed by atoms with E-state index < -0.39 is 0 Å². The molecule has 0 fully saturated rings. The minimum atomic E-state index is -0.146. The quantitative estimate of drug-likeness (QED) is 0.439. The normalized spacial score (nSPS) is 12.4. The van der Waals surface area contributed by atoms with Crippen molar-refractivity contribution in [2.24, 2.45) is 10.7 Å². The Morgan fingerprint density at radius 2 is 2.30 bits per heavy atom. The molecule has 0 rings (SSSR count). The average Bonchev–Trinajstić information content (AvgIpc) is 1.90. The Kier molecular flexibility index (Phi) is 4.20. The molecule has 0 heterocycles. The van der Waals surface area contributed by atoms with Crippen molar-refractivity contribution in [3.8, 4) is 0 Å². The summed E-state index contributed by atoms with van der Waals surface area (Å²) in [4.78, 5) is 3.63. The van der Waals surface area contributed by atoms with E-state index in [0.29, 0.717) is 0 Å². The first-order valence-electron chi connectivity index (χ1n) is 3.24. The summed E-state index contributed by atoms with van der Waals surface area (Å²) in [5.74, 6) is -0.146. The molecular weight excluding hydrogens is 126 g/mol. The Bertz CT molecular complexity index is 168. The van der Waals surface area contributed by atoms with Crippen LogP contribution in [0.3, 0.4) is 0 Å². The molecule has 0 amide bonds. The molecule has 0 spiro atoms. The summed E-state index contributed by atoms with van der Waals surface area (Å²) in [7, 11) is 0. The number of hydrogen-bond donors (Lipinski definition) is 2. The maximum atomic E-state index is 6.79. The van der Waals surface area contributed by atoms with E-state index >= 15 is 0 Å². The second kappa shape index (κ2) is 4.73. The Hall–Kier alpha value is -1.12. The summed E-state index contributed by atoms with van der Waals surface area (Å²) in [5, 5.41) is 6.79. The van der Waals surface area contributed by atoms with E-state index in [1.165, 1.54) is 0 Å². The van der Waals surface area contributed by atoms with Gasteiger partial charge in [0.15, 0.2) is 0 Å². The van der Waals surface area contributed by atoms with Gasteiger partial charge in [0.2, 0.25) is 5.96 Å². The highest BCUT2D eigenvalue weighted by Crippen LogP contribution is 1.94. The second-order valence-electron chi connectivity index (χ2n) is 1.86. The lowest BCUT2D eigenvalue weighted by Gasteiger charge is -1.91. The van der Waals surface area contributed by atoms with Gasteiger partial charge in [0.1, 0.15) is 0 Å². The van der Waals surface area contributed by atoms with Gasteiger partial charge in [-0.05, 0) is 18.9 Å². The highest BCUT2D eigenvalue weighted by atomic mass is 15.0. The number of rotatable bonds is 2. The molecule has 0 saturated carbocycles. The second-order valence-corrected chi connectivity index (χ2v) is 1.86. The van der Waals surface area contributed by atoms with E-state index in [4.69, 9.17) is 11.1 Å². The largest absolute Gasteiger partial charge is 0.368 e. The van der Waals surface area contributed by atoms with Crippen molar-refractivity contribution >= 4 is 12.2 Å². The Balaban J connectivity index is 3.98. The fraction of sp³-hybridized carbons (Fsp3) is 0.429. The van der Waals surface area contributed by atoms with Gasteiger partial charge in [-0.15, -0.1) is 0 Å². The van der Waals surface area contributed by atoms with Crippen LogP contribution < -0.4 is 5.73 Å². The molecular formula is C7H13N3. The summed E-state index contributed by atoms with van der Waals surface area (Å²) < 4.78 is 0. The van der Waals surface area contributed by atoms with Crippen molar-refractivity contribution < 1.29 is 0 Å². The van der Waals surface area contributed by atoms with Crippen LogP contribution in [0.1, 0.15) is 20.3 Å². The van der Waals surface area contributed by atoms with Gasteiger partial charge in [0, 0.05) is 6.21 Å². The van der Waals surface area contributed by atoms with Gasteiger partial charge in [-0.1, -0.05) is 13.0 Å². The van der Waals surface area contributed by atoms with Crippen molar-refractivity contribution in [2.45, 2.75) is 20.3 Å². The number of aliphatic imine (C=N–C) groups is 1. The van der Waals surface area contributed by atoms with Gasteiger partial charge in [-0.25, -0.2) is 4.99 Å². The predicted octanol–water partition coefficient (Wildman–Crippen LogP) is 1.31. The summed E-state index contributed by atoms with van der Waals surface area (Å²) in [5.41, 5.74) is 6.10. The Morgan fingerprint density at radius 3 is 2.60 bits per heavy atom. The first-order valence-corrected chi connectivity index (χ1v) is 3.24. The van der Waals surface area contributed by atoms with Crippen molar-refractivity contribution in [1.29, 1.82) is 5.41 Å². The van der Waals surface area contributed by atoms with Crippen LogP contribution in [0.4, 0.5) is 0 Å². The van der Waals surface area contributed by atoms with Crippen LogP contribution in [0.25, 0.3) is 0 Å². The third kappa shape index (κ3) is 3.83. The van der Waals surface area contributed by atoms with E-state index in [9.17, 15) is 0 Å². The molecule has 0 unspecified atom stereocenters. The van der Waals surface area contributed by atoms with Crippen molar-refractivity contribution in [3.63, 3.8) is 0 Å². The fourth-order valence-corrected chi connectivity index (χ4v) is 0.522. The Labute approximate surface area is 61.2 Å². The number of nitrogens with one attached hydrogen (secondary N) is 1. The van der Waals surface area contributed by atoms with E-state index in [2.05, 4.69) is 4.99 Å². The molecule has 0 saturated heterocycles. The first-order chi connectivity index (χ1) is 4.70. The van der Waals surface area contributed by atoms with Crippen LogP contribution in [0, 0.1) is 5.41 Å². The number of hydrogen-bond acceptors (Lipinski definition) is 1. The molecule has 0 aliphatic rings. The minimum absolute atomic E-state index is 0.146. The Morgan fingerprint density at radius 1 is 1.70 bits per heavy atom. The lowest BCUT2D eigenvalue weighted by molar-refractivity contribution is 1.17. The maximum Gasteiger partial charge on any atom is 0.212 e. The maximum absolute atomic E-state index is 6.79. The average molecular weight is 139 g/mol. The van der Waals surface area contributed by atoms with E-state index in [-0.39, 0.29) is 5.96 Å². The lowest BCUT2D eigenvalue weighted by Crippen LogP contribution is -2.05. The van der Waals surface area contributed by atoms with Gasteiger partial charge in [0.05, 0.1) is 0 Å². The lowest BCUT2D eigenvalue weighted by atomic mass is 10.2. The zero-order valence-electron chi connectivity index (χ0n) is 6.39. The third-order valence-corrected chi connectivity index (χ3v) is 1.15. The summed E-state index contributed by atoms with van der Waals surface area (Å²) >= 11 is 0. The molecule has 10 heavy (non-hydrogen) atoms. The minimum Gasteiger partial charge on any atom is -0.368 e. The van der Waals surface area contributed by atoms with E-state index in [0.717, 1.165) is 12.0 Å². The number of nitrogens with zero attached hydrogens (tertiary/aromatic N) is 1. The van der Waals surface area contributed by atoms with Crippen molar-refractivity contribution in [3.05, 3.63) is 11.6 Å². The number of nitrogens with two attached hydrogens (primary N) is 1. The molecule has 0 atom stereocenters. The SMILES string of the molecule is C/C=C(\C=NC(=N)N)CC. The molecule has 0 radical (unpaired) electrons. The van der Waals surface area contributed by atoms with Gasteiger partial charge >= 0.3 is 0 Å². The molecule has 0 bridgehead atoms. The number of guanidine groups is 1. The molecule has 0 aromatic carbocycles. The highest BCUT2D eigenvalue weighted by Gasteiger charge is 1.84. The molecule has 0 aliphatic carbocycles. The third-order valence-electron chi connectivity index (χ3n) is 1.15. The topological polar surface area (TPSA) is 62.2 Å². The van der Waals surface area contributed by atoms with E-state index in [1.807, 2.05) is 19.9 Å². The molecule has 0 aliphatic heterocycles. The van der Waals surface area contributed by atoms with E-state index in [1.54, 1.807) is 6.21 Å². The highest BCUT2D eigenvalue weighted by molar-refractivity contribution is 5.90. The molecule has 0 aromatic heterocycles. The smallest absolute Gasteiger partial charge is 0.212 e. The first kappa shape index (κ1) is 8.88. The van der Waals surface area contributed by atoms with Crippen LogP contribution in [0.5, 0.6) is 0 Å². The van der Waals surface area contributed by atoms with Crippen LogP contribution in [-0.4, -0.2) is 12.2 Å². The molecule has 3 heteroatoms. The molecule has 0 aromatic rings. The van der Waals surface area contributed by atoms with Crippen LogP contribution >= 0.6 is 0 Å². The molecule has 3 N–H and O–H groups in total. The molecule has 3 nitrogen and oxygen atoms in total. The van der Waals surface area contributed by atoms with Crippen LogP contribution in [-0.2, 0) is 0 Å². The van der Waals surface area contributed by atoms with Gasteiger partial charge in [-0.2, -0.15) is 0 Å². The zero-order chi connectivity index (χ0) is 7.98. The van der Waals surface area contributed by atoms with Crippen molar-refractivity contribution in [2.75, 3.05) is 0 Å². The zero-order valence-corrected chi connectivity index (χ0v) is 6.39. The summed E-state index contributed by atoms with van der Waals surface area (Å²) in [6, 6.07) is 0. The monoisotopic (exact) mass is 139 g/mol. The standard InChI is InChI=1S/C7H13N3/c1-3-6(4-2)5-10-7(8)9/h3,5H,4H2,1-2H3,(H3,8,9)/b6-3-,10-5?. The van der Waals surface area contributed by atoms with Gasteiger partial charge < -0.3 is 5.73 Å². The van der Waals surface area contributed by atoms with Crippen LogP contribution in [0.2, 0.25) is 0 Å². The fourth-order valence-electron chi connectivity index (χ4n) is 0.522. The van der Waals surface area contributed by atoms with Crippen molar-refractivity contribution in [1.82, 2.24) is 0 Å². The predicted molar refractivity (Wildman–Crippen MR) is 44.5 cm³/mol. The molecule has 56 valence electrons. The van der Waals surface area contributed by atoms with Gasteiger partial charge in [0.25, 0.3) is 0 Å².